The maximum atomic E-state index is 13.6. The van der Waals surface area contributed by atoms with Crippen LogP contribution in [0.2, 0.25) is 0 Å². The average molecular weight is 838 g/mol. The number of nitrogens with zero attached hydrogens (tertiary/aromatic N) is 7. The van der Waals surface area contributed by atoms with Gasteiger partial charge in [0.25, 0.3) is 5.91 Å². The lowest BCUT2D eigenvalue weighted by molar-refractivity contribution is -0.136. The zero-order valence-electron chi connectivity index (χ0n) is 34.6. The molecule has 0 spiro atoms. The molecule has 0 bridgehead atoms. The first kappa shape index (κ1) is 42.8. The number of carbonyl (C=O) groups excluding carboxylic acids is 4. The molecule has 3 aliphatic rings. The summed E-state index contributed by atoms with van der Waals surface area (Å²) in [4.78, 5) is 89.9. The summed E-state index contributed by atoms with van der Waals surface area (Å²) in [5.41, 5.74) is 9.66. The van der Waals surface area contributed by atoms with Crippen molar-refractivity contribution in [3.8, 4) is 0 Å². The second-order valence-electron chi connectivity index (χ2n) is 16.2. The van der Waals surface area contributed by atoms with Crippen molar-refractivity contribution >= 4 is 58.1 Å². The van der Waals surface area contributed by atoms with E-state index in [9.17, 15) is 33.9 Å². The molecule has 0 radical (unpaired) electrons. The highest BCUT2D eigenvalue weighted by atomic mass is 16.4. The minimum atomic E-state index is -1.12. The number of unbranched alkanes of at least 4 members (excludes halogenated alkanes) is 1. The van der Waals surface area contributed by atoms with Gasteiger partial charge in [-0.2, -0.15) is 0 Å². The average Bonchev–Trinajstić information content (AvgIpc) is 3.51. The number of aryl methyl sites for hydroxylation is 2. The highest BCUT2D eigenvalue weighted by Gasteiger charge is 2.32. The molecule has 3 aliphatic heterocycles. The fraction of sp³-hybridized carbons (Fsp3) is 0.488. The maximum Gasteiger partial charge on any atom is 0.404 e. The fourth-order valence-electron chi connectivity index (χ4n) is 8.84. The predicted octanol–water partition coefficient (Wildman–Crippen LogP) is 3.24. The lowest BCUT2D eigenvalue weighted by Crippen LogP contribution is -2.45. The number of para-hydroxylation sites is 1. The van der Waals surface area contributed by atoms with Gasteiger partial charge >= 0.3 is 11.8 Å². The number of hydrogen-bond donors (Lipinski definition) is 5. The summed E-state index contributed by atoms with van der Waals surface area (Å²) in [5, 5.41) is 17.2. The molecule has 0 aliphatic carbocycles. The van der Waals surface area contributed by atoms with E-state index in [4.69, 9.17) is 10.7 Å². The molecule has 1 unspecified atom stereocenters. The Morgan fingerprint density at radius 1 is 0.951 bits per heavy atom. The first-order valence-corrected chi connectivity index (χ1v) is 21.2. The number of likely N-dealkylation sites (tertiary alicyclic amines) is 1. The van der Waals surface area contributed by atoms with E-state index in [1.807, 2.05) is 40.1 Å². The van der Waals surface area contributed by atoms with Crippen molar-refractivity contribution in [3.63, 3.8) is 0 Å². The number of carboxylic acid groups (broad SMARTS) is 1. The van der Waals surface area contributed by atoms with E-state index in [0.717, 1.165) is 73.9 Å². The fourth-order valence-corrected chi connectivity index (χ4v) is 8.84. The van der Waals surface area contributed by atoms with Crippen LogP contribution in [0.5, 0.6) is 0 Å². The van der Waals surface area contributed by atoms with E-state index in [-0.39, 0.29) is 55.0 Å². The lowest BCUT2D eigenvalue weighted by Gasteiger charge is -2.34. The number of hydrogen-bond acceptors (Lipinski definition) is 11. The monoisotopic (exact) mass is 837 g/mol. The molecule has 0 saturated carbocycles. The summed E-state index contributed by atoms with van der Waals surface area (Å²) < 4.78 is 3.04. The maximum absolute atomic E-state index is 13.6. The van der Waals surface area contributed by atoms with E-state index >= 15 is 0 Å². The van der Waals surface area contributed by atoms with Gasteiger partial charge in [-0.05, 0) is 99.6 Å². The van der Waals surface area contributed by atoms with Gasteiger partial charge in [-0.15, -0.1) is 0 Å². The third kappa shape index (κ3) is 10.2. The first-order valence-electron chi connectivity index (χ1n) is 21.2. The Morgan fingerprint density at radius 2 is 1.70 bits per heavy atom. The van der Waals surface area contributed by atoms with Crippen LogP contribution >= 0.6 is 0 Å². The number of imidazole rings is 1. The van der Waals surface area contributed by atoms with Crippen LogP contribution in [0.15, 0.2) is 53.5 Å². The predicted molar refractivity (Wildman–Crippen MR) is 229 cm³/mol. The van der Waals surface area contributed by atoms with Gasteiger partial charge in [0.15, 0.2) is 11.5 Å². The number of aromatic nitrogens is 4. The normalized spacial score (nSPS) is 17.4. The number of piperidine rings is 3. The number of primary amides is 1. The van der Waals surface area contributed by atoms with Gasteiger partial charge in [-0.25, -0.2) is 19.6 Å². The Bertz CT molecular complexity index is 2310. The first-order chi connectivity index (χ1) is 29.5. The minimum Gasteiger partial charge on any atom is -0.465 e. The summed E-state index contributed by atoms with van der Waals surface area (Å²) in [6.07, 6.45) is 8.00. The molecule has 61 heavy (non-hydrogen) atoms. The molecule has 3 fully saturated rings. The molecule has 18 nitrogen and oxygen atoms in total. The summed E-state index contributed by atoms with van der Waals surface area (Å²) in [6.45, 7) is 4.30. The van der Waals surface area contributed by atoms with Gasteiger partial charge < -0.3 is 31.3 Å². The van der Waals surface area contributed by atoms with Crippen LogP contribution in [-0.2, 0) is 27.9 Å². The van der Waals surface area contributed by atoms with Crippen molar-refractivity contribution in [2.75, 3.05) is 62.6 Å². The number of benzene rings is 2. The zero-order valence-corrected chi connectivity index (χ0v) is 34.6. The Balaban J connectivity index is 0.921. The third-order valence-corrected chi connectivity index (χ3v) is 12.1. The van der Waals surface area contributed by atoms with Crippen LogP contribution in [0.25, 0.3) is 11.0 Å². The Labute approximate surface area is 353 Å². The van der Waals surface area contributed by atoms with Crippen LogP contribution < -0.4 is 32.3 Å². The minimum absolute atomic E-state index is 0.000952. The SMILES string of the molecule is Cn1c(=O)n(C2CCC(=O)NC2=O)c2cccc(CCCCN(CCNC(=O)O)CC(=O)N3CCC(c4ccc(Nc5nc(N6CCCCC6)cnc5C(N)=O)cc4)CC3)c21. The summed E-state index contributed by atoms with van der Waals surface area (Å²) in [7, 11) is 1.69. The van der Waals surface area contributed by atoms with Crippen LogP contribution in [0.3, 0.4) is 0 Å². The summed E-state index contributed by atoms with van der Waals surface area (Å²) >= 11 is 0. The molecule has 2 aromatic carbocycles. The van der Waals surface area contributed by atoms with Crippen LogP contribution in [-0.4, -0.2) is 116 Å². The molecule has 5 amide bonds. The van der Waals surface area contributed by atoms with Gasteiger partial charge in [0, 0.05) is 58.4 Å². The van der Waals surface area contributed by atoms with Gasteiger partial charge in [0.05, 0.1) is 23.8 Å². The Morgan fingerprint density at radius 3 is 2.41 bits per heavy atom. The third-order valence-electron chi connectivity index (χ3n) is 12.1. The standard InChI is InChI=1S/C43H55N11O7/c1-50-38-30(9-7-10-32(38)54(43(50)61)33-15-16-35(55)49-41(33)58)8-3-6-20-51(25-19-45-42(59)60)27-36(56)53-23-17-29(18-24-53)28-11-13-31(14-12-28)47-40-37(39(44)57)46-26-34(48-40)52-21-4-2-5-22-52/h7,9-14,26,29,33,45H,2-6,8,15-25,27H2,1H3,(H2,44,57)(H,47,48)(H,59,60)(H,49,55,58). The number of carbonyl (C=O) groups is 5. The summed E-state index contributed by atoms with van der Waals surface area (Å²) in [5.74, 6) is -0.162. The highest BCUT2D eigenvalue weighted by molar-refractivity contribution is 6.00. The van der Waals surface area contributed by atoms with Gasteiger partial charge in [-0.1, -0.05) is 24.3 Å². The molecular weight excluding hydrogens is 783 g/mol. The molecular formula is C43H55N11O7. The highest BCUT2D eigenvalue weighted by Crippen LogP contribution is 2.31. The number of nitrogens with one attached hydrogen (secondary N) is 3. The Kier molecular flexibility index (Phi) is 13.6. The van der Waals surface area contributed by atoms with Crippen molar-refractivity contribution in [2.24, 2.45) is 12.8 Å². The molecule has 2 aromatic heterocycles. The van der Waals surface area contributed by atoms with Crippen LogP contribution in [0, 0.1) is 0 Å². The van der Waals surface area contributed by atoms with E-state index in [0.29, 0.717) is 49.8 Å². The molecule has 18 heteroatoms. The van der Waals surface area contributed by atoms with Crippen molar-refractivity contribution in [2.45, 2.75) is 76.2 Å². The number of fused-ring (bicyclic) bond motifs is 1. The largest absolute Gasteiger partial charge is 0.465 e. The Hall–Kier alpha value is -6.30. The van der Waals surface area contributed by atoms with Gasteiger partial charge in [-0.3, -0.25) is 38.5 Å². The quantitative estimate of drug-likeness (QED) is 0.0810. The number of amides is 5. The van der Waals surface area contributed by atoms with E-state index in [2.05, 4.69) is 38.0 Å². The van der Waals surface area contributed by atoms with Crippen LogP contribution in [0.1, 0.15) is 91.4 Å². The second-order valence-corrected chi connectivity index (χ2v) is 16.2. The van der Waals surface area contributed by atoms with Gasteiger partial charge in [0.1, 0.15) is 11.9 Å². The molecule has 1 atom stereocenters. The van der Waals surface area contributed by atoms with Crippen LogP contribution in [0.4, 0.5) is 22.1 Å². The molecule has 6 N–H and O–H groups in total. The molecule has 324 valence electrons. The van der Waals surface area contributed by atoms with E-state index in [1.165, 1.54) is 11.0 Å². The number of nitrogens with two attached hydrogens (primary N) is 1. The van der Waals surface area contributed by atoms with E-state index in [1.54, 1.807) is 17.8 Å². The van der Waals surface area contributed by atoms with E-state index < -0.39 is 23.9 Å². The summed E-state index contributed by atoms with van der Waals surface area (Å²) in [6, 6.07) is 12.9. The molecule has 4 aromatic rings. The van der Waals surface area contributed by atoms with Crippen molar-refractivity contribution in [1.82, 2.24) is 39.5 Å². The number of imide groups is 1. The molecule has 7 rings (SSSR count). The molecule has 3 saturated heterocycles. The smallest absolute Gasteiger partial charge is 0.404 e. The topological polar surface area (TPSA) is 230 Å². The number of anilines is 3. The van der Waals surface area contributed by atoms with Crippen molar-refractivity contribution in [3.05, 3.63) is 76.0 Å². The zero-order chi connectivity index (χ0) is 43.0. The van der Waals surface area contributed by atoms with Crippen molar-refractivity contribution in [1.29, 1.82) is 0 Å². The lowest BCUT2D eigenvalue weighted by atomic mass is 9.89. The van der Waals surface area contributed by atoms with Gasteiger partial charge in [0.2, 0.25) is 17.7 Å². The number of rotatable bonds is 16. The second kappa shape index (κ2) is 19.4. The molecule has 5 heterocycles. The van der Waals surface area contributed by atoms with Crippen molar-refractivity contribution < 1.29 is 29.1 Å².